The van der Waals surface area contributed by atoms with Crippen LogP contribution in [-0.2, 0) is 0 Å². The van der Waals surface area contributed by atoms with E-state index in [9.17, 15) is 17.6 Å². The molecule has 1 rings (SSSR count). The Labute approximate surface area is 90.4 Å². The van der Waals surface area contributed by atoms with E-state index in [1.165, 1.54) is 6.07 Å². The number of hydrogen-bond donors (Lipinski definition) is 2. The average molecular weight is 236 g/mol. The number of alkyl halides is 2. The molecule has 0 saturated carbocycles. The molecule has 0 saturated heterocycles. The summed E-state index contributed by atoms with van der Waals surface area (Å²) in [5, 5.41) is 2.47. The Morgan fingerprint density at radius 1 is 1.19 bits per heavy atom. The summed E-state index contributed by atoms with van der Waals surface area (Å²) < 4.78 is 49.4. The van der Waals surface area contributed by atoms with E-state index in [0.717, 1.165) is 12.1 Å². The zero-order valence-corrected chi connectivity index (χ0v) is 8.39. The van der Waals surface area contributed by atoms with Crippen LogP contribution in [0.25, 0.3) is 0 Å². The molecule has 0 aliphatic carbocycles. The molecule has 0 amide bonds. The molecule has 0 fully saturated rings. The largest absolute Gasteiger partial charge is 0.329 e. The molecule has 2 nitrogen and oxygen atoms in total. The van der Waals surface area contributed by atoms with Crippen molar-refractivity contribution in [1.29, 1.82) is 0 Å². The third-order valence-corrected chi connectivity index (χ3v) is 2.10. The number of benzene rings is 1. The molecule has 1 atom stereocenters. The molecular formula is C10H12F4N2. The van der Waals surface area contributed by atoms with E-state index in [1.807, 2.05) is 0 Å². The number of rotatable bonds is 5. The van der Waals surface area contributed by atoms with Gasteiger partial charge >= 0.3 is 0 Å². The highest BCUT2D eigenvalue weighted by Crippen LogP contribution is 2.15. The minimum Gasteiger partial charge on any atom is -0.329 e. The van der Waals surface area contributed by atoms with Crippen LogP contribution >= 0.6 is 0 Å². The average Bonchev–Trinajstić information content (AvgIpc) is 2.23. The van der Waals surface area contributed by atoms with Gasteiger partial charge in [0.05, 0.1) is 6.54 Å². The fourth-order valence-electron chi connectivity index (χ4n) is 1.30. The first-order valence-corrected chi connectivity index (χ1v) is 4.71. The van der Waals surface area contributed by atoms with Gasteiger partial charge in [-0.25, -0.2) is 17.6 Å². The van der Waals surface area contributed by atoms with Crippen LogP contribution in [0.15, 0.2) is 18.2 Å². The van der Waals surface area contributed by atoms with Crippen molar-refractivity contribution in [2.75, 3.05) is 13.1 Å². The van der Waals surface area contributed by atoms with Crippen LogP contribution in [-0.4, -0.2) is 19.5 Å². The van der Waals surface area contributed by atoms with Crippen LogP contribution in [0.4, 0.5) is 17.6 Å². The van der Waals surface area contributed by atoms with Gasteiger partial charge in [-0.1, -0.05) is 6.07 Å². The molecule has 6 heteroatoms. The van der Waals surface area contributed by atoms with Crippen molar-refractivity contribution < 1.29 is 17.6 Å². The SMILES string of the molecule is NCC(NCC(F)F)c1ccc(F)c(F)c1. The van der Waals surface area contributed by atoms with Gasteiger partial charge in [-0.15, -0.1) is 0 Å². The van der Waals surface area contributed by atoms with E-state index >= 15 is 0 Å². The standard InChI is InChI=1S/C10H12F4N2/c11-7-2-1-6(3-8(7)12)9(4-15)16-5-10(13)14/h1-3,9-10,16H,4-5,15H2. The molecule has 1 aromatic rings. The van der Waals surface area contributed by atoms with Crippen molar-refractivity contribution >= 4 is 0 Å². The van der Waals surface area contributed by atoms with E-state index < -0.39 is 30.6 Å². The third kappa shape index (κ3) is 3.46. The van der Waals surface area contributed by atoms with Crippen molar-refractivity contribution in [2.45, 2.75) is 12.5 Å². The summed E-state index contributed by atoms with van der Waals surface area (Å²) >= 11 is 0. The van der Waals surface area contributed by atoms with Crippen molar-refractivity contribution in [3.63, 3.8) is 0 Å². The normalized spacial score (nSPS) is 13.1. The number of hydrogen-bond acceptors (Lipinski definition) is 2. The predicted molar refractivity (Wildman–Crippen MR) is 52.2 cm³/mol. The van der Waals surface area contributed by atoms with Gasteiger partial charge in [0.25, 0.3) is 6.43 Å². The van der Waals surface area contributed by atoms with Gasteiger partial charge in [-0.3, -0.25) is 0 Å². The van der Waals surface area contributed by atoms with Crippen molar-refractivity contribution in [3.8, 4) is 0 Å². The fraction of sp³-hybridized carbons (Fsp3) is 0.400. The minimum absolute atomic E-state index is 0.0256. The van der Waals surface area contributed by atoms with Crippen molar-refractivity contribution in [1.82, 2.24) is 5.32 Å². The molecule has 90 valence electrons. The second kappa shape index (κ2) is 5.81. The minimum atomic E-state index is -2.51. The lowest BCUT2D eigenvalue weighted by Crippen LogP contribution is -2.31. The predicted octanol–water partition coefficient (Wildman–Crippen LogP) is 1.82. The molecule has 0 aromatic heterocycles. The summed E-state index contributed by atoms with van der Waals surface area (Å²) in [6, 6.07) is 2.60. The van der Waals surface area contributed by atoms with Crippen LogP contribution in [0, 0.1) is 11.6 Å². The van der Waals surface area contributed by atoms with E-state index in [2.05, 4.69) is 5.32 Å². The van der Waals surface area contributed by atoms with Crippen LogP contribution in [0.2, 0.25) is 0 Å². The number of nitrogens with one attached hydrogen (secondary N) is 1. The molecule has 0 aliphatic rings. The third-order valence-electron chi connectivity index (χ3n) is 2.10. The maximum atomic E-state index is 12.9. The second-order valence-electron chi connectivity index (χ2n) is 3.26. The highest BCUT2D eigenvalue weighted by atomic mass is 19.3. The molecule has 16 heavy (non-hydrogen) atoms. The van der Waals surface area contributed by atoms with Gasteiger partial charge in [0.2, 0.25) is 0 Å². The van der Waals surface area contributed by atoms with Crippen LogP contribution in [0.3, 0.4) is 0 Å². The van der Waals surface area contributed by atoms with Gasteiger partial charge < -0.3 is 11.1 Å². The Morgan fingerprint density at radius 2 is 1.88 bits per heavy atom. The lowest BCUT2D eigenvalue weighted by molar-refractivity contribution is 0.141. The Bertz CT molecular complexity index is 344. The lowest BCUT2D eigenvalue weighted by Gasteiger charge is -2.17. The summed E-state index contributed by atoms with van der Waals surface area (Å²) in [6.07, 6.45) is -2.51. The summed E-state index contributed by atoms with van der Waals surface area (Å²) in [6.45, 7) is -0.515. The molecule has 0 radical (unpaired) electrons. The van der Waals surface area contributed by atoms with E-state index in [-0.39, 0.29) is 6.54 Å². The van der Waals surface area contributed by atoms with Crippen LogP contribution in [0.5, 0.6) is 0 Å². The van der Waals surface area contributed by atoms with Crippen LogP contribution < -0.4 is 11.1 Å². The first kappa shape index (κ1) is 12.9. The lowest BCUT2D eigenvalue weighted by atomic mass is 10.1. The molecule has 1 unspecified atom stereocenters. The summed E-state index contributed by atoms with van der Waals surface area (Å²) in [4.78, 5) is 0. The summed E-state index contributed by atoms with van der Waals surface area (Å²) in [5.74, 6) is -2.00. The summed E-state index contributed by atoms with van der Waals surface area (Å²) in [5.41, 5.74) is 5.70. The monoisotopic (exact) mass is 236 g/mol. The summed E-state index contributed by atoms with van der Waals surface area (Å²) in [7, 11) is 0. The molecule has 0 heterocycles. The quantitative estimate of drug-likeness (QED) is 0.765. The smallest absolute Gasteiger partial charge is 0.250 e. The maximum absolute atomic E-state index is 12.9. The van der Waals surface area contributed by atoms with Gasteiger partial charge in [-0.2, -0.15) is 0 Å². The Morgan fingerprint density at radius 3 is 2.38 bits per heavy atom. The highest BCUT2D eigenvalue weighted by Gasteiger charge is 2.13. The fourth-order valence-corrected chi connectivity index (χ4v) is 1.30. The molecule has 0 spiro atoms. The first-order valence-electron chi connectivity index (χ1n) is 4.71. The molecule has 1 aromatic carbocycles. The highest BCUT2D eigenvalue weighted by molar-refractivity contribution is 5.21. The Balaban J connectivity index is 2.74. The number of nitrogens with two attached hydrogens (primary N) is 1. The van der Waals surface area contributed by atoms with Gasteiger partial charge in [0.1, 0.15) is 0 Å². The Hall–Kier alpha value is -1.14. The number of halogens is 4. The first-order chi connectivity index (χ1) is 7.54. The molecular weight excluding hydrogens is 224 g/mol. The maximum Gasteiger partial charge on any atom is 0.250 e. The van der Waals surface area contributed by atoms with E-state index in [4.69, 9.17) is 5.73 Å². The molecule has 3 N–H and O–H groups in total. The van der Waals surface area contributed by atoms with Gasteiger partial charge in [0.15, 0.2) is 11.6 Å². The molecule has 0 bridgehead atoms. The van der Waals surface area contributed by atoms with Gasteiger partial charge in [0, 0.05) is 12.6 Å². The topological polar surface area (TPSA) is 38.0 Å². The van der Waals surface area contributed by atoms with Crippen molar-refractivity contribution in [2.24, 2.45) is 5.73 Å². The van der Waals surface area contributed by atoms with Gasteiger partial charge in [-0.05, 0) is 17.7 Å². The second-order valence-corrected chi connectivity index (χ2v) is 3.26. The van der Waals surface area contributed by atoms with E-state index in [0.29, 0.717) is 5.56 Å². The molecule has 0 aliphatic heterocycles. The van der Waals surface area contributed by atoms with Crippen molar-refractivity contribution in [3.05, 3.63) is 35.4 Å². The van der Waals surface area contributed by atoms with Crippen LogP contribution in [0.1, 0.15) is 11.6 Å². The zero-order chi connectivity index (χ0) is 12.1. The Kier molecular flexibility index (Phi) is 4.70. The van der Waals surface area contributed by atoms with E-state index in [1.54, 1.807) is 0 Å². The zero-order valence-electron chi connectivity index (χ0n) is 8.39.